The second kappa shape index (κ2) is 5.72. The molecule has 0 heterocycles. The predicted octanol–water partition coefficient (Wildman–Crippen LogP) is 2.48. The molecule has 3 heteroatoms. The molecule has 1 aromatic rings. The van der Waals surface area contributed by atoms with E-state index in [2.05, 4.69) is 32.2 Å². The molecule has 0 atom stereocenters. The van der Waals surface area contributed by atoms with Crippen molar-refractivity contribution in [3.05, 3.63) is 28.3 Å². The molecule has 0 saturated carbocycles. The Morgan fingerprint density at radius 3 is 2.33 bits per heavy atom. The average molecular weight is 251 g/mol. The summed E-state index contributed by atoms with van der Waals surface area (Å²) in [6.07, 6.45) is 0. The lowest BCUT2D eigenvalue weighted by Gasteiger charge is -2.25. The zero-order valence-corrected chi connectivity index (χ0v) is 12.3. The highest BCUT2D eigenvalue weighted by Crippen LogP contribution is 2.29. The van der Waals surface area contributed by atoms with Gasteiger partial charge in [0.1, 0.15) is 5.75 Å². The Morgan fingerprint density at radius 1 is 1.22 bits per heavy atom. The first kappa shape index (κ1) is 15.0. The van der Waals surface area contributed by atoms with Gasteiger partial charge in [-0.2, -0.15) is 0 Å². The summed E-state index contributed by atoms with van der Waals surface area (Å²) in [6, 6.07) is 2.18. The molecule has 0 fully saturated rings. The van der Waals surface area contributed by atoms with Gasteiger partial charge in [0.05, 0.1) is 13.7 Å². The maximum atomic E-state index is 9.27. The van der Waals surface area contributed by atoms with Gasteiger partial charge in [-0.05, 0) is 51.3 Å². The Morgan fingerprint density at radius 2 is 1.83 bits per heavy atom. The van der Waals surface area contributed by atoms with Crippen LogP contribution in [0, 0.1) is 20.8 Å². The molecule has 1 aromatic carbocycles. The van der Waals surface area contributed by atoms with E-state index in [-0.39, 0.29) is 12.1 Å². The van der Waals surface area contributed by atoms with E-state index in [1.54, 1.807) is 7.11 Å². The number of ether oxygens (including phenoxy) is 1. The predicted molar refractivity (Wildman–Crippen MR) is 75.2 cm³/mol. The van der Waals surface area contributed by atoms with Crippen molar-refractivity contribution in [3.8, 4) is 5.75 Å². The smallest absolute Gasteiger partial charge is 0.126 e. The average Bonchev–Trinajstić information content (AvgIpc) is 2.32. The summed E-state index contributed by atoms with van der Waals surface area (Å²) in [6.45, 7) is 11.0. The van der Waals surface area contributed by atoms with E-state index in [0.29, 0.717) is 6.54 Å². The Labute approximate surface area is 110 Å². The highest BCUT2D eigenvalue weighted by Gasteiger charge is 2.18. The molecule has 3 nitrogen and oxygen atoms in total. The van der Waals surface area contributed by atoms with Gasteiger partial charge in [0.25, 0.3) is 0 Å². The number of aliphatic hydroxyl groups is 1. The molecule has 0 spiro atoms. The van der Waals surface area contributed by atoms with Gasteiger partial charge in [0.15, 0.2) is 0 Å². The number of rotatable bonds is 5. The van der Waals surface area contributed by atoms with Crippen LogP contribution in [0.1, 0.15) is 36.1 Å². The Bertz CT molecular complexity index is 425. The summed E-state index contributed by atoms with van der Waals surface area (Å²) in [5.74, 6) is 0.953. The van der Waals surface area contributed by atoms with Crippen molar-refractivity contribution < 1.29 is 9.84 Å². The van der Waals surface area contributed by atoms with Crippen molar-refractivity contribution in [1.29, 1.82) is 0 Å². The number of benzene rings is 1. The maximum absolute atomic E-state index is 9.27. The van der Waals surface area contributed by atoms with Gasteiger partial charge >= 0.3 is 0 Å². The van der Waals surface area contributed by atoms with Crippen molar-refractivity contribution in [2.75, 3.05) is 13.7 Å². The van der Waals surface area contributed by atoms with Crippen molar-refractivity contribution in [1.82, 2.24) is 5.32 Å². The number of nitrogens with one attached hydrogen (secondary N) is 1. The molecule has 102 valence electrons. The molecular weight excluding hydrogens is 226 g/mol. The minimum atomic E-state index is -0.282. The third-order valence-electron chi connectivity index (χ3n) is 3.46. The minimum Gasteiger partial charge on any atom is -0.496 e. The van der Waals surface area contributed by atoms with Crippen LogP contribution in [0.5, 0.6) is 5.75 Å². The molecule has 0 amide bonds. The van der Waals surface area contributed by atoms with Gasteiger partial charge in [0, 0.05) is 17.6 Å². The molecule has 1 rings (SSSR count). The topological polar surface area (TPSA) is 41.5 Å². The molecule has 0 unspecified atom stereocenters. The van der Waals surface area contributed by atoms with Crippen molar-refractivity contribution >= 4 is 0 Å². The van der Waals surface area contributed by atoms with E-state index in [0.717, 1.165) is 5.75 Å². The zero-order valence-electron chi connectivity index (χ0n) is 12.3. The van der Waals surface area contributed by atoms with Gasteiger partial charge in [-0.3, -0.25) is 0 Å². The monoisotopic (exact) mass is 251 g/mol. The van der Waals surface area contributed by atoms with Crippen LogP contribution in [0.25, 0.3) is 0 Å². The molecule has 0 aliphatic heterocycles. The first-order chi connectivity index (χ1) is 8.32. The lowest BCUT2D eigenvalue weighted by Crippen LogP contribution is -2.42. The van der Waals surface area contributed by atoms with Gasteiger partial charge in [0.2, 0.25) is 0 Å². The largest absolute Gasteiger partial charge is 0.496 e. The second-order valence-corrected chi connectivity index (χ2v) is 5.54. The van der Waals surface area contributed by atoms with Crippen LogP contribution in [-0.2, 0) is 6.54 Å². The minimum absolute atomic E-state index is 0.110. The molecule has 0 aliphatic rings. The summed E-state index contributed by atoms with van der Waals surface area (Å²) in [4.78, 5) is 0. The fraction of sp³-hybridized carbons (Fsp3) is 0.600. The van der Waals surface area contributed by atoms with Gasteiger partial charge in [-0.1, -0.05) is 6.07 Å². The quantitative estimate of drug-likeness (QED) is 0.845. The summed E-state index contributed by atoms with van der Waals surface area (Å²) in [7, 11) is 1.71. The summed E-state index contributed by atoms with van der Waals surface area (Å²) in [5.41, 5.74) is 4.53. The zero-order chi connectivity index (χ0) is 13.9. The molecule has 2 N–H and O–H groups in total. The lowest BCUT2D eigenvalue weighted by atomic mass is 9.98. The molecular formula is C15H25NO2. The van der Waals surface area contributed by atoms with E-state index in [9.17, 15) is 5.11 Å². The highest BCUT2D eigenvalue weighted by molar-refractivity contribution is 5.49. The van der Waals surface area contributed by atoms with Crippen molar-refractivity contribution in [3.63, 3.8) is 0 Å². The van der Waals surface area contributed by atoms with Crippen molar-refractivity contribution in [2.24, 2.45) is 0 Å². The fourth-order valence-corrected chi connectivity index (χ4v) is 1.98. The Kier molecular flexibility index (Phi) is 4.77. The third-order valence-corrected chi connectivity index (χ3v) is 3.46. The SMILES string of the molecule is COc1c(C)c(C)cc(C)c1CNC(C)(C)CO. The summed E-state index contributed by atoms with van der Waals surface area (Å²) < 4.78 is 5.53. The maximum Gasteiger partial charge on any atom is 0.126 e. The van der Waals surface area contributed by atoms with E-state index in [1.165, 1.54) is 22.3 Å². The molecule has 0 bridgehead atoms. The normalized spacial score (nSPS) is 11.7. The third kappa shape index (κ3) is 3.24. The van der Waals surface area contributed by atoms with Gasteiger partial charge in [-0.25, -0.2) is 0 Å². The first-order valence-electron chi connectivity index (χ1n) is 6.32. The molecule has 0 saturated heterocycles. The number of hydrogen-bond acceptors (Lipinski definition) is 3. The lowest BCUT2D eigenvalue weighted by molar-refractivity contribution is 0.187. The molecule has 0 aromatic heterocycles. The van der Waals surface area contributed by atoms with Gasteiger partial charge in [-0.15, -0.1) is 0 Å². The van der Waals surface area contributed by atoms with Crippen LogP contribution in [0.3, 0.4) is 0 Å². The van der Waals surface area contributed by atoms with E-state index >= 15 is 0 Å². The standard InChI is InChI=1S/C15H25NO2/c1-10-7-11(2)13(14(18-6)12(10)3)8-16-15(4,5)9-17/h7,16-17H,8-9H2,1-6H3. The second-order valence-electron chi connectivity index (χ2n) is 5.54. The van der Waals surface area contributed by atoms with Crippen LogP contribution in [0.4, 0.5) is 0 Å². The van der Waals surface area contributed by atoms with Crippen LogP contribution >= 0.6 is 0 Å². The fourth-order valence-electron chi connectivity index (χ4n) is 1.98. The van der Waals surface area contributed by atoms with Crippen molar-refractivity contribution in [2.45, 2.75) is 46.7 Å². The Balaban J connectivity index is 3.05. The summed E-state index contributed by atoms with van der Waals surface area (Å²) >= 11 is 0. The highest BCUT2D eigenvalue weighted by atomic mass is 16.5. The molecule has 0 radical (unpaired) electrons. The van der Waals surface area contributed by atoms with E-state index in [1.807, 2.05) is 13.8 Å². The van der Waals surface area contributed by atoms with Crippen LogP contribution < -0.4 is 10.1 Å². The Hall–Kier alpha value is -1.06. The van der Waals surface area contributed by atoms with Crippen LogP contribution in [-0.4, -0.2) is 24.4 Å². The number of aryl methyl sites for hydroxylation is 2. The van der Waals surface area contributed by atoms with E-state index in [4.69, 9.17) is 4.74 Å². The molecule has 0 aliphatic carbocycles. The van der Waals surface area contributed by atoms with E-state index < -0.39 is 0 Å². The summed E-state index contributed by atoms with van der Waals surface area (Å²) in [5, 5.41) is 12.6. The number of hydrogen-bond donors (Lipinski definition) is 2. The van der Waals surface area contributed by atoms with Gasteiger partial charge < -0.3 is 15.2 Å². The van der Waals surface area contributed by atoms with Crippen LogP contribution in [0.15, 0.2) is 6.07 Å². The first-order valence-corrected chi connectivity index (χ1v) is 6.32. The molecule has 18 heavy (non-hydrogen) atoms. The van der Waals surface area contributed by atoms with Crippen LogP contribution in [0.2, 0.25) is 0 Å². The number of aliphatic hydroxyl groups excluding tert-OH is 1. The number of methoxy groups -OCH3 is 1.